The van der Waals surface area contributed by atoms with E-state index >= 15 is 0 Å². The van der Waals surface area contributed by atoms with E-state index in [1.807, 2.05) is 0 Å². The van der Waals surface area contributed by atoms with Crippen LogP contribution in [0.15, 0.2) is 70.0 Å². The van der Waals surface area contributed by atoms with Crippen molar-refractivity contribution >= 4 is 54.9 Å². The van der Waals surface area contributed by atoms with Crippen LogP contribution in [0.2, 0.25) is 5.02 Å². The second kappa shape index (κ2) is 9.83. The largest absolute Gasteiger partial charge is 0.483 e. The maximum Gasteiger partial charge on any atom is 0.262 e. The summed E-state index contributed by atoms with van der Waals surface area (Å²) >= 11 is 9.40. The van der Waals surface area contributed by atoms with Crippen molar-refractivity contribution in [3.63, 3.8) is 0 Å². The van der Waals surface area contributed by atoms with Crippen LogP contribution in [0.25, 0.3) is 0 Å². The van der Waals surface area contributed by atoms with Gasteiger partial charge in [-0.1, -0.05) is 39.7 Å². The zero-order valence-electron chi connectivity index (χ0n) is 16.8. The molecular formula is C22H18BrClN2O5S. The molecule has 3 aromatic carbocycles. The summed E-state index contributed by atoms with van der Waals surface area (Å²) in [6, 6.07) is 15.5. The summed E-state index contributed by atoms with van der Waals surface area (Å²) in [6.07, 6.45) is 0. The molecule has 0 saturated carbocycles. The fourth-order valence-corrected chi connectivity index (χ4v) is 4.04. The van der Waals surface area contributed by atoms with E-state index in [9.17, 15) is 18.0 Å². The molecule has 0 saturated heterocycles. The predicted octanol–water partition coefficient (Wildman–Crippen LogP) is 4.31. The third-order valence-electron chi connectivity index (χ3n) is 4.43. The van der Waals surface area contributed by atoms with Crippen molar-refractivity contribution in [2.75, 3.05) is 11.9 Å². The molecule has 166 valence electrons. The molecule has 0 unspecified atom stereocenters. The molecule has 0 aliphatic rings. The maximum absolute atomic E-state index is 12.9. The van der Waals surface area contributed by atoms with E-state index in [2.05, 4.69) is 21.2 Å². The van der Waals surface area contributed by atoms with Gasteiger partial charge in [0.15, 0.2) is 12.4 Å². The van der Waals surface area contributed by atoms with E-state index in [0.29, 0.717) is 21.8 Å². The molecule has 0 aromatic heterocycles. The van der Waals surface area contributed by atoms with E-state index < -0.39 is 15.9 Å². The number of benzene rings is 3. The number of sulfonamides is 1. The summed E-state index contributed by atoms with van der Waals surface area (Å²) in [4.78, 5) is 25.3. The van der Waals surface area contributed by atoms with Gasteiger partial charge in [0.2, 0.25) is 10.0 Å². The summed E-state index contributed by atoms with van der Waals surface area (Å²) < 4.78 is 29.2. The fourth-order valence-electron chi connectivity index (χ4n) is 2.87. The lowest BCUT2D eigenvalue weighted by Gasteiger charge is -2.13. The van der Waals surface area contributed by atoms with E-state index in [4.69, 9.17) is 21.5 Å². The fraction of sp³-hybridized carbons (Fsp3) is 0.0909. The molecule has 0 atom stereocenters. The molecule has 0 heterocycles. The van der Waals surface area contributed by atoms with Crippen molar-refractivity contribution in [1.82, 2.24) is 0 Å². The maximum atomic E-state index is 12.9. The number of primary sulfonamides is 1. The molecule has 3 N–H and O–H groups in total. The Morgan fingerprint density at radius 1 is 1.09 bits per heavy atom. The smallest absolute Gasteiger partial charge is 0.262 e. The summed E-state index contributed by atoms with van der Waals surface area (Å²) in [5, 5.41) is 8.11. The highest BCUT2D eigenvalue weighted by Gasteiger charge is 2.17. The first-order chi connectivity index (χ1) is 15.0. The van der Waals surface area contributed by atoms with E-state index in [-0.39, 0.29) is 28.6 Å². The summed E-state index contributed by atoms with van der Waals surface area (Å²) in [5.74, 6) is -0.596. The van der Waals surface area contributed by atoms with Crippen LogP contribution in [0.3, 0.4) is 0 Å². The standard InChI is InChI=1S/C22H18BrClN2O5S/c1-13-9-17(32(25,29)30)6-7-19(13)26-21(27)12-31-20-8-5-16(24)11-18(20)22(28)14-3-2-4-15(23)10-14/h2-11H,12H2,1H3,(H,26,27)(H2,25,29,30). The molecule has 0 aliphatic carbocycles. The van der Waals surface area contributed by atoms with Crippen LogP contribution in [0.5, 0.6) is 5.75 Å². The van der Waals surface area contributed by atoms with Crippen LogP contribution < -0.4 is 15.2 Å². The molecule has 0 spiro atoms. The Morgan fingerprint density at radius 3 is 2.50 bits per heavy atom. The van der Waals surface area contributed by atoms with Gasteiger partial charge in [-0.15, -0.1) is 0 Å². The van der Waals surface area contributed by atoms with Crippen LogP contribution in [-0.4, -0.2) is 26.7 Å². The minimum Gasteiger partial charge on any atom is -0.483 e. The third kappa shape index (κ3) is 5.95. The Labute approximate surface area is 198 Å². The van der Waals surface area contributed by atoms with E-state index in [1.165, 1.54) is 30.3 Å². The summed E-state index contributed by atoms with van der Waals surface area (Å²) in [7, 11) is -3.84. The second-order valence-electron chi connectivity index (χ2n) is 6.84. The van der Waals surface area contributed by atoms with Crippen LogP contribution in [0.1, 0.15) is 21.5 Å². The van der Waals surface area contributed by atoms with Crippen LogP contribution in [-0.2, 0) is 14.8 Å². The zero-order valence-corrected chi connectivity index (χ0v) is 19.9. The third-order valence-corrected chi connectivity index (χ3v) is 6.07. The van der Waals surface area contributed by atoms with Crippen molar-refractivity contribution in [2.45, 2.75) is 11.8 Å². The highest BCUT2D eigenvalue weighted by molar-refractivity contribution is 9.10. The lowest BCUT2D eigenvalue weighted by atomic mass is 10.0. The summed E-state index contributed by atoms with van der Waals surface area (Å²) in [5.41, 5.74) is 1.58. The van der Waals surface area contributed by atoms with Gasteiger partial charge in [0, 0.05) is 20.7 Å². The number of hydrogen-bond donors (Lipinski definition) is 2. The van der Waals surface area contributed by atoms with Crippen molar-refractivity contribution in [3.8, 4) is 5.75 Å². The number of amides is 1. The van der Waals surface area contributed by atoms with Crippen molar-refractivity contribution in [1.29, 1.82) is 0 Å². The predicted molar refractivity (Wildman–Crippen MR) is 126 cm³/mol. The minimum atomic E-state index is -3.84. The minimum absolute atomic E-state index is 0.0545. The Kier molecular flexibility index (Phi) is 7.35. The monoisotopic (exact) mass is 536 g/mol. The highest BCUT2D eigenvalue weighted by Crippen LogP contribution is 2.27. The number of halogens is 2. The number of carbonyl (C=O) groups excluding carboxylic acids is 2. The number of rotatable bonds is 7. The lowest BCUT2D eigenvalue weighted by molar-refractivity contribution is -0.118. The van der Waals surface area contributed by atoms with E-state index in [1.54, 1.807) is 37.3 Å². The van der Waals surface area contributed by atoms with Gasteiger partial charge in [-0.05, 0) is 61.0 Å². The van der Waals surface area contributed by atoms with Crippen molar-refractivity contribution in [3.05, 3.63) is 86.8 Å². The normalized spacial score (nSPS) is 11.1. The number of hydrogen-bond acceptors (Lipinski definition) is 5. The van der Waals surface area contributed by atoms with Gasteiger partial charge in [0.1, 0.15) is 5.75 Å². The summed E-state index contributed by atoms with van der Waals surface area (Å²) in [6.45, 7) is 1.26. The number of carbonyl (C=O) groups is 2. The Balaban J connectivity index is 1.75. The number of anilines is 1. The van der Waals surface area contributed by atoms with Gasteiger partial charge in [-0.25, -0.2) is 13.6 Å². The first-order valence-corrected chi connectivity index (χ1v) is 11.9. The van der Waals surface area contributed by atoms with Crippen LogP contribution in [0, 0.1) is 6.92 Å². The van der Waals surface area contributed by atoms with Gasteiger partial charge in [-0.2, -0.15) is 0 Å². The zero-order chi connectivity index (χ0) is 23.5. The molecule has 3 rings (SSSR count). The average Bonchev–Trinajstić information content (AvgIpc) is 2.73. The Hall–Kier alpha value is -2.72. The first kappa shape index (κ1) is 23.9. The van der Waals surface area contributed by atoms with Gasteiger partial charge in [0.25, 0.3) is 5.91 Å². The molecule has 0 bridgehead atoms. The average molecular weight is 538 g/mol. The molecule has 10 heteroatoms. The molecule has 3 aromatic rings. The molecule has 1 amide bonds. The van der Waals surface area contributed by atoms with Crippen LogP contribution >= 0.6 is 27.5 Å². The van der Waals surface area contributed by atoms with Gasteiger partial charge in [0.05, 0.1) is 10.5 Å². The topological polar surface area (TPSA) is 116 Å². The number of nitrogens with one attached hydrogen (secondary N) is 1. The lowest BCUT2D eigenvalue weighted by Crippen LogP contribution is -2.21. The first-order valence-electron chi connectivity index (χ1n) is 9.20. The second-order valence-corrected chi connectivity index (χ2v) is 9.75. The SMILES string of the molecule is Cc1cc(S(N)(=O)=O)ccc1NC(=O)COc1ccc(Cl)cc1C(=O)c1cccc(Br)c1. The van der Waals surface area contributed by atoms with Crippen molar-refractivity contribution < 1.29 is 22.7 Å². The molecule has 0 fully saturated rings. The van der Waals surface area contributed by atoms with Gasteiger partial charge < -0.3 is 10.1 Å². The number of ketones is 1. The number of ether oxygens (including phenoxy) is 1. The Morgan fingerprint density at radius 2 is 1.84 bits per heavy atom. The molecule has 7 nitrogen and oxygen atoms in total. The highest BCUT2D eigenvalue weighted by atomic mass is 79.9. The molecular weight excluding hydrogens is 520 g/mol. The Bertz CT molecular complexity index is 1310. The molecule has 0 radical (unpaired) electrons. The quantitative estimate of drug-likeness (QED) is 0.436. The van der Waals surface area contributed by atoms with Crippen LogP contribution in [0.4, 0.5) is 5.69 Å². The molecule has 0 aliphatic heterocycles. The van der Waals surface area contributed by atoms with Gasteiger partial charge in [-0.3, -0.25) is 9.59 Å². The van der Waals surface area contributed by atoms with Gasteiger partial charge >= 0.3 is 0 Å². The van der Waals surface area contributed by atoms with Crippen molar-refractivity contribution in [2.24, 2.45) is 5.14 Å². The van der Waals surface area contributed by atoms with E-state index in [0.717, 1.165) is 4.47 Å². The molecule has 32 heavy (non-hydrogen) atoms. The number of aryl methyl sites for hydroxylation is 1. The number of nitrogens with two attached hydrogens (primary N) is 1.